The Bertz CT molecular complexity index is 1150. The van der Waals surface area contributed by atoms with Crippen molar-refractivity contribution in [3.8, 4) is 11.3 Å². The number of fused-ring (bicyclic) bond motifs is 1. The van der Waals surface area contributed by atoms with Gasteiger partial charge in [0.05, 0.1) is 23.8 Å². The number of aliphatic imine (C=N–C) groups is 1. The summed E-state index contributed by atoms with van der Waals surface area (Å²) in [4.78, 5) is 14.0. The molecular weight excluding hydrogens is 400 g/mol. The molecule has 0 radical (unpaired) electrons. The molecule has 2 aromatic heterocycles. The summed E-state index contributed by atoms with van der Waals surface area (Å²) >= 11 is 0. The number of sulfone groups is 1. The Morgan fingerprint density at radius 2 is 1.93 bits per heavy atom. The van der Waals surface area contributed by atoms with Gasteiger partial charge in [0.1, 0.15) is 18.0 Å². The third-order valence-corrected chi connectivity index (χ3v) is 7.11. The Labute approximate surface area is 176 Å². The quantitative estimate of drug-likeness (QED) is 0.626. The van der Waals surface area contributed by atoms with Gasteiger partial charge in [-0.25, -0.2) is 23.1 Å². The second-order valence-electron chi connectivity index (χ2n) is 7.62. The lowest BCUT2D eigenvalue weighted by Crippen LogP contribution is -2.46. The van der Waals surface area contributed by atoms with E-state index in [1.165, 1.54) is 6.34 Å². The predicted molar refractivity (Wildman–Crippen MR) is 119 cm³/mol. The van der Waals surface area contributed by atoms with E-state index in [-0.39, 0.29) is 11.7 Å². The number of nitrogens with one attached hydrogen (secondary N) is 1. The normalized spacial score (nSPS) is 16.3. The Hall–Kier alpha value is -2.94. The van der Waals surface area contributed by atoms with Crippen molar-refractivity contribution >= 4 is 22.0 Å². The predicted octanol–water partition coefficient (Wildman–Crippen LogP) is 3.05. The van der Waals surface area contributed by atoms with Crippen LogP contribution >= 0.6 is 0 Å². The maximum atomic E-state index is 12.8. The second-order valence-corrected chi connectivity index (χ2v) is 9.94. The minimum atomic E-state index is -3.42. The highest BCUT2D eigenvalue weighted by Crippen LogP contribution is 2.32. The summed E-state index contributed by atoms with van der Waals surface area (Å²) in [6, 6.07) is 9.98. The molecule has 1 aliphatic rings. The summed E-state index contributed by atoms with van der Waals surface area (Å²) in [6.45, 7) is 6.25. The molecule has 30 heavy (non-hydrogen) atoms. The van der Waals surface area contributed by atoms with E-state index in [9.17, 15) is 8.42 Å². The SMILES string of the molecule is CCS(=O)(=O)C1N=Cn2ncc(C(C)C)c2N1CCc1ncc(-c2ccccc2)[nH]1. The van der Waals surface area contributed by atoms with Crippen molar-refractivity contribution in [1.29, 1.82) is 0 Å². The third-order valence-electron chi connectivity index (χ3n) is 5.29. The van der Waals surface area contributed by atoms with Crippen LogP contribution in [0.25, 0.3) is 11.3 Å². The van der Waals surface area contributed by atoms with Gasteiger partial charge in [-0.1, -0.05) is 51.1 Å². The monoisotopic (exact) mass is 426 g/mol. The van der Waals surface area contributed by atoms with E-state index >= 15 is 0 Å². The van der Waals surface area contributed by atoms with Gasteiger partial charge in [0, 0.05) is 18.5 Å². The van der Waals surface area contributed by atoms with E-state index in [2.05, 4.69) is 33.9 Å². The zero-order valence-electron chi connectivity index (χ0n) is 17.4. The van der Waals surface area contributed by atoms with Gasteiger partial charge < -0.3 is 9.88 Å². The van der Waals surface area contributed by atoms with Crippen molar-refractivity contribution in [1.82, 2.24) is 19.7 Å². The van der Waals surface area contributed by atoms with Gasteiger partial charge in [-0.3, -0.25) is 0 Å². The van der Waals surface area contributed by atoms with E-state index in [4.69, 9.17) is 0 Å². The molecule has 9 heteroatoms. The Morgan fingerprint density at radius 1 is 1.17 bits per heavy atom. The van der Waals surface area contributed by atoms with Crippen molar-refractivity contribution in [3.63, 3.8) is 0 Å². The van der Waals surface area contributed by atoms with Crippen molar-refractivity contribution in [3.05, 3.63) is 54.1 Å². The molecule has 0 bridgehead atoms. The molecule has 158 valence electrons. The van der Waals surface area contributed by atoms with Gasteiger partial charge in [-0.15, -0.1) is 0 Å². The number of H-pyrrole nitrogens is 1. The second kappa shape index (κ2) is 8.06. The highest BCUT2D eigenvalue weighted by atomic mass is 32.2. The van der Waals surface area contributed by atoms with Crippen LogP contribution in [-0.2, 0) is 16.3 Å². The van der Waals surface area contributed by atoms with E-state index in [0.29, 0.717) is 13.0 Å². The number of hydrogen-bond donors (Lipinski definition) is 1. The van der Waals surface area contributed by atoms with Crippen LogP contribution in [0.4, 0.5) is 5.82 Å². The Kier molecular flexibility index (Phi) is 5.46. The summed E-state index contributed by atoms with van der Waals surface area (Å²) in [7, 11) is -3.42. The molecule has 0 spiro atoms. The number of aromatic amines is 1. The minimum Gasteiger partial charge on any atom is -0.342 e. The van der Waals surface area contributed by atoms with Gasteiger partial charge in [-0.2, -0.15) is 5.10 Å². The maximum Gasteiger partial charge on any atom is 0.227 e. The van der Waals surface area contributed by atoms with Crippen LogP contribution in [0.1, 0.15) is 38.1 Å². The number of nitrogens with zero attached hydrogens (tertiary/aromatic N) is 5. The van der Waals surface area contributed by atoms with Gasteiger partial charge >= 0.3 is 0 Å². The Morgan fingerprint density at radius 3 is 2.63 bits per heavy atom. The van der Waals surface area contributed by atoms with Gasteiger partial charge in [0.2, 0.25) is 5.50 Å². The van der Waals surface area contributed by atoms with Crippen molar-refractivity contribution in [2.75, 3.05) is 17.2 Å². The molecule has 1 atom stereocenters. The van der Waals surface area contributed by atoms with Gasteiger partial charge in [-0.05, 0) is 11.5 Å². The highest BCUT2D eigenvalue weighted by Gasteiger charge is 2.36. The summed E-state index contributed by atoms with van der Waals surface area (Å²) in [5, 5.41) is 4.38. The molecular formula is C21H26N6O2S. The average Bonchev–Trinajstić information content (AvgIpc) is 3.40. The van der Waals surface area contributed by atoms with Gasteiger partial charge in [0.15, 0.2) is 9.84 Å². The van der Waals surface area contributed by atoms with E-state index in [0.717, 1.165) is 28.5 Å². The van der Waals surface area contributed by atoms with Crippen LogP contribution in [0.5, 0.6) is 0 Å². The van der Waals surface area contributed by atoms with Crippen LogP contribution in [-0.4, -0.2) is 52.3 Å². The molecule has 1 unspecified atom stereocenters. The summed E-state index contributed by atoms with van der Waals surface area (Å²) in [6.07, 6.45) is 5.67. The summed E-state index contributed by atoms with van der Waals surface area (Å²) in [5.74, 6) is 1.82. The molecule has 3 aromatic rings. The highest BCUT2D eigenvalue weighted by molar-refractivity contribution is 7.92. The third kappa shape index (κ3) is 3.77. The number of imidazole rings is 1. The van der Waals surface area contributed by atoms with Crippen LogP contribution in [0.15, 0.2) is 47.7 Å². The van der Waals surface area contributed by atoms with Crippen LogP contribution in [0.3, 0.4) is 0 Å². The molecule has 0 amide bonds. The van der Waals surface area contributed by atoms with Crippen LogP contribution in [0, 0.1) is 0 Å². The molecule has 0 fully saturated rings. The number of hydrogen-bond acceptors (Lipinski definition) is 6. The first kappa shape index (κ1) is 20.3. The molecule has 0 saturated carbocycles. The van der Waals surface area contributed by atoms with Crippen molar-refractivity contribution in [2.45, 2.75) is 38.6 Å². The smallest absolute Gasteiger partial charge is 0.227 e. The standard InChI is InChI=1S/C21H26N6O2S/c1-4-30(28,29)21-23-14-27-20(17(12-24-27)15(2)3)26(21)11-10-19-22-13-18(25-19)16-8-6-5-7-9-16/h5-9,12-15,21H,4,10-11H2,1-3H3,(H,22,25). The minimum absolute atomic E-state index is 0.0234. The first-order chi connectivity index (χ1) is 14.4. The van der Waals surface area contributed by atoms with E-state index < -0.39 is 15.3 Å². The fourth-order valence-corrected chi connectivity index (χ4v) is 4.73. The average molecular weight is 427 g/mol. The molecule has 3 heterocycles. The summed E-state index contributed by atoms with van der Waals surface area (Å²) < 4.78 is 27.2. The maximum absolute atomic E-state index is 12.8. The number of aromatic nitrogens is 4. The zero-order valence-corrected chi connectivity index (χ0v) is 18.2. The van der Waals surface area contributed by atoms with E-state index in [1.807, 2.05) is 41.4 Å². The first-order valence-electron chi connectivity index (χ1n) is 10.1. The first-order valence-corrected chi connectivity index (χ1v) is 11.8. The van der Waals surface area contributed by atoms with Crippen LogP contribution in [0.2, 0.25) is 0 Å². The van der Waals surface area contributed by atoms with E-state index in [1.54, 1.807) is 17.8 Å². The Balaban J connectivity index is 1.63. The number of benzene rings is 1. The van der Waals surface area contributed by atoms with Crippen LogP contribution < -0.4 is 4.90 Å². The topological polar surface area (TPSA) is 96.2 Å². The molecule has 0 saturated heterocycles. The molecule has 1 aromatic carbocycles. The molecule has 0 aliphatic carbocycles. The zero-order chi connectivity index (χ0) is 21.3. The number of anilines is 1. The molecule has 8 nitrogen and oxygen atoms in total. The lowest BCUT2D eigenvalue weighted by Gasteiger charge is -2.33. The largest absolute Gasteiger partial charge is 0.342 e. The van der Waals surface area contributed by atoms with Crippen molar-refractivity contribution in [2.24, 2.45) is 4.99 Å². The molecule has 1 N–H and O–H groups in total. The fourth-order valence-electron chi connectivity index (χ4n) is 3.60. The molecule has 4 rings (SSSR count). The summed E-state index contributed by atoms with van der Waals surface area (Å²) in [5.41, 5.74) is 2.05. The van der Waals surface area contributed by atoms with Crippen molar-refractivity contribution < 1.29 is 8.42 Å². The molecule has 1 aliphatic heterocycles. The lowest BCUT2D eigenvalue weighted by atomic mass is 10.1. The fraction of sp³-hybridized carbons (Fsp3) is 0.381. The number of rotatable bonds is 7. The lowest BCUT2D eigenvalue weighted by molar-refractivity contribution is 0.567. The van der Waals surface area contributed by atoms with Gasteiger partial charge in [0.25, 0.3) is 0 Å².